The highest BCUT2D eigenvalue weighted by Gasteiger charge is 2.22. The van der Waals surface area contributed by atoms with Gasteiger partial charge in [-0.25, -0.2) is 0 Å². The lowest BCUT2D eigenvalue weighted by molar-refractivity contribution is -0.870. The predicted octanol–water partition coefficient (Wildman–Crippen LogP) is 23.9. The van der Waals surface area contributed by atoms with Crippen LogP contribution in [-0.2, 0) is 33.3 Å². The number of carbonyl (C=O) groups is 3. The topological polar surface area (TPSA) is 111 Å². The van der Waals surface area contributed by atoms with Crippen LogP contribution in [0.5, 0.6) is 0 Å². The summed E-state index contributed by atoms with van der Waals surface area (Å²) in [7, 11) is 5.91. The SMILES string of the molecule is CC/C=C\C/C=C\C/C=C\C/C=C\C/C=C\C/C=C\C/C=C\C/C=C\C/C=C\C/C=C\C/C=C\CCCCCCCCCC(=O)OC(COC(=O)CCCCCCCCCCCCC/C=C\C/C=C\C/C=C\C/C=C\C/C=C\C/C=C\C/C=C\CC)COC(OCC[N+](C)(C)C)C(=O)[O-]. The number of carboxylic acids is 1. The fourth-order valence-electron chi connectivity index (χ4n) is 9.87. The van der Waals surface area contributed by atoms with Gasteiger partial charge in [0.2, 0.25) is 0 Å². The number of rotatable bonds is 69. The lowest BCUT2D eigenvalue weighted by Crippen LogP contribution is -2.44. The number of quaternary nitrogens is 1. The zero-order chi connectivity index (χ0) is 71.8. The third-order valence-corrected chi connectivity index (χ3v) is 15.7. The molecule has 554 valence electrons. The second-order valence-corrected chi connectivity index (χ2v) is 26.2. The van der Waals surface area contributed by atoms with E-state index in [4.69, 9.17) is 18.9 Å². The van der Waals surface area contributed by atoms with Gasteiger partial charge in [-0.3, -0.25) is 9.59 Å². The van der Waals surface area contributed by atoms with E-state index in [-0.39, 0.29) is 38.6 Å². The van der Waals surface area contributed by atoms with Crippen LogP contribution in [0.3, 0.4) is 0 Å². The Labute approximate surface area is 607 Å². The van der Waals surface area contributed by atoms with Gasteiger partial charge in [-0.2, -0.15) is 0 Å². The number of carbonyl (C=O) groups excluding carboxylic acids is 3. The summed E-state index contributed by atoms with van der Waals surface area (Å²) in [6.45, 7) is 4.48. The largest absolute Gasteiger partial charge is 0.545 e. The highest BCUT2D eigenvalue weighted by molar-refractivity contribution is 5.70. The summed E-state index contributed by atoms with van der Waals surface area (Å²) in [5, 5.41) is 11.9. The highest BCUT2D eigenvalue weighted by Crippen LogP contribution is 2.16. The maximum atomic E-state index is 13.0. The van der Waals surface area contributed by atoms with Gasteiger partial charge in [-0.15, -0.1) is 0 Å². The fourth-order valence-corrected chi connectivity index (χ4v) is 9.87. The van der Waals surface area contributed by atoms with Crippen LogP contribution in [0.25, 0.3) is 0 Å². The molecule has 0 spiro atoms. The molecule has 0 rings (SSSR count). The highest BCUT2D eigenvalue weighted by atomic mass is 16.7. The first kappa shape index (κ1) is 92.6. The first-order chi connectivity index (χ1) is 48.6. The summed E-state index contributed by atoms with van der Waals surface area (Å²) in [6.07, 6.45) is 119. The first-order valence-corrected chi connectivity index (χ1v) is 38.9. The van der Waals surface area contributed by atoms with Crippen molar-refractivity contribution < 1.29 is 42.9 Å². The number of nitrogens with zero attached hydrogens (tertiary/aromatic N) is 1. The van der Waals surface area contributed by atoms with Gasteiger partial charge < -0.3 is 33.3 Å². The molecule has 0 amide bonds. The summed E-state index contributed by atoms with van der Waals surface area (Å²) >= 11 is 0. The van der Waals surface area contributed by atoms with E-state index in [9.17, 15) is 19.5 Å². The third-order valence-electron chi connectivity index (χ3n) is 15.7. The third kappa shape index (κ3) is 78.8. The number of ether oxygens (including phenoxy) is 4. The molecule has 2 atom stereocenters. The summed E-state index contributed by atoms with van der Waals surface area (Å²) in [6, 6.07) is 0. The number of hydrogen-bond acceptors (Lipinski definition) is 8. The Hall–Kier alpha value is -6.39. The number of allylic oxidation sites excluding steroid dienone is 36. The van der Waals surface area contributed by atoms with Gasteiger partial charge in [-0.1, -0.05) is 322 Å². The minimum Gasteiger partial charge on any atom is -0.545 e. The number of hydrogen-bond donors (Lipinski definition) is 0. The Morgan fingerprint density at radius 2 is 0.545 bits per heavy atom. The van der Waals surface area contributed by atoms with Crippen molar-refractivity contribution in [1.29, 1.82) is 0 Å². The van der Waals surface area contributed by atoms with Crippen molar-refractivity contribution in [3.8, 4) is 0 Å². The van der Waals surface area contributed by atoms with Crippen LogP contribution in [-0.4, -0.2) is 82.3 Å². The van der Waals surface area contributed by atoms with Crippen molar-refractivity contribution in [1.82, 2.24) is 0 Å². The van der Waals surface area contributed by atoms with Crippen LogP contribution in [0.1, 0.15) is 271 Å². The van der Waals surface area contributed by atoms with E-state index in [2.05, 4.69) is 233 Å². The zero-order valence-corrected chi connectivity index (χ0v) is 63.3. The summed E-state index contributed by atoms with van der Waals surface area (Å²) in [4.78, 5) is 37.6. The molecule has 0 heterocycles. The van der Waals surface area contributed by atoms with Crippen molar-refractivity contribution in [2.24, 2.45) is 0 Å². The van der Waals surface area contributed by atoms with Crippen LogP contribution in [0.4, 0.5) is 0 Å². The molecule has 0 bridgehead atoms. The van der Waals surface area contributed by atoms with Crippen molar-refractivity contribution in [3.63, 3.8) is 0 Å². The van der Waals surface area contributed by atoms with Crippen LogP contribution in [0.2, 0.25) is 0 Å². The van der Waals surface area contributed by atoms with Crippen molar-refractivity contribution in [2.45, 2.75) is 283 Å². The van der Waals surface area contributed by atoms with Crippen molar-refractivity contribution >= 4 is 17.9 Å². The smallest absolute Gasteiger partial charge is 0.306 e. The second kappa shape index (κ2) is 77.3. The molecule has 0 aromatic heterocycles. The maximum absolute atomic E-state index is 13.0. The molecule has 0 N–H and O–H groups in total. The number of likely N-dealkylation sites (N-methyl/N-ethyl adjacent to an activating group) is 1. The normalized spacial score (nSPS) is 13.9. The van der Waals surface area contributed by atoms with Crippen LogP contribution in [0, 0.1) is 0 Å². The van der Waals surface area contributed by atoms with Gasteiger partial charge in [-0.05, 0) is 154 Å². The van der Waals surface area contributed by atoms with Gasteiger partial charge >= 0.3 is 11.9 Å². The average Bonchev–Trinajstić information content (AvgIpc) is 2.62. The molecule has 99 heavy (non-hydrogen) atoms. The molecule has 9 heteroatoms. The molecule has 9 nitrogen and oxygen atoms in total. The van der Waals surface area contributed by atoms with Crippen LogP contribution >= 0.6 is 0 Å². The molecule has 0 aliphatic rings. The molecular formula is C90H141NO8. The number of aliphatic carboxylic acids is 1. The van der Waals surface area contributed by atoms with E-state index in [1.165, 1.54) is 57.8 Å². The number of esters is 2. The summed E-state index contributed by atoms with van der Waals surface area (Å²) < 4.78 is 22.8. The van der Waals surface area contributed by atoms with Gasteiger partial charge in [0.25, 0.3) is 0 Å². The standard InChI is InChI=1S/C90H141NO8/c1-6-8-10-12-14-16-18-20-22-24-26-28-30-32-34-36-38-40-41-42-43-44-45-46-47-49-51-53-55-57-59-61-63-65-67-69-71-73-75-77-79-81-88(93)99-86(85-98-90(89(94)95)96-83-82-91(3,4)5)84-97-87(92)80-78-76-74-72-70-68-66-64-62-60-58-56-54-52-50-48-39-37-35-33-31-29-27-25-23-21-19-17-15-13-11-9-7-2/h8-11,14-17,20-23,26-29,32-35,38-40,42-43,45-46,48-49,51-52,54-55,57,61,63,86,90H,6-7,12-13,18-19,24-25,30-31,36-37,41,44,47,50,53,56,58-60,62,64-85H2,1-5H3/b10-8-,11-9-,16-14-,17-15-,22-20-,23-21-,28-26-,29-27-,34-32-,35-33-,40-38-,43-42-,46-45-,48-39-,51-49-,54-52-,57-55-,63-61-. The molecule has 0 aliphatic carbocycles. The second-order valence-electron chi connectivity index (χ2n) is 26.2. The molecular weight excluding hydrogens is 1220 g/mol. The van der Waals surface area contributed by atoms with Crippen LogP contribution < -0.4 is 5.11 Å². The lowest BCUT2D eigenvalue weighted by atomic mass is 10.0. The quantitative estimate of drug-likeness (QED) is 0.0195. The molecule has 2 unspecified atom stereocenters. The molecule has 0 aromatic rings. The van der Waals surface area contributed by atoms with Gasteiger partial charge in [0.1, 0.15) is 13.2 Å². The van der Waals surface area contributed by atoms with Gasteiger partial charge in [0.15, 0.2) is 12.4 Å². The molecule has 0 saturated carbocycles. The number of carboxylic acid groups (broad SMARTS) is 1. The Bertz CT molecular complexity index is 2440. The summed E-state index contributed by atoms with van der Waals surface area (Å²) in [5.41, 5.74) is 0. The molecule has 0 fully saturated rings. The first-order valence-electron chi connectivity index (χ1n) is 38.9. The Morgan fingerprint density at radius 1 is 0.303 bits per heavy atom. The van der Waals surface area contributed by atoms with Gasteiger partial charge in [0.05, 0.1) is 40.3 Å². The van der Waals surface area contributed by atoms with E-state index in [1.807, 2.05) is 21.1 Å². The Balaban J connectivity index is 4.19. The molecule has 0 saturated heterocycles. The van der Waals surface area contributed by atoms with E-state index in [0.717, 1.165) is 180 Å². The molecule has 0 aromatic carbocycles. The Morgan fingerprint density at radius 3 is 0.808 bits per heavy atom. The molecule has 0 aliphatic heterocycles. The average molecular weight is 1370 g/mol. The van der Waals surface area contributed by atoms with Crippen LogP contribution in [0.15, 0.2) is 219 Å². The Kier molecular flexibility index (Phi) is 72.4. The fraction of sp³-hybridized carbons (Fsp3) is 0.567. The van der Waals surface area contributed by atoms with Gasteiger partial charge in [0, 0.05) is 12.8 Å². The van der Waals surface area contributed by atoms with Crippen molar-refractivity contribution in [3.05, 3.63) is 219 Å². The van der Waals surface area contributed by atoms with E-state index in [0.29, 0.717) is 17.4 Å². The minimum atomic E-state index is -1.64. The lowest BCUT2D eigenvalue weighted by Gasteiger charge is -2.26. The minimum absolute atomic E-state index is 0.134. The number of unbranched alkanes of at least 4 members (excludes halogenated alkanes) is 18. The monoisotopic (exact) mass is 1360 g/mol. The molecule has 0 radical (unpaired) electrons. The van der Waals surface area contributed by atoms with E-state index >= 15 is 0 Å². The van der Waals surface area contributed by atoms with E-state index < -0.39 is 24.3 Å². The van der Waals surface area contributed by atoms with E-state index in [1.54, 1.807) is 0 Å². The zero-order valence-electron chi connectivity index (χ0n) is 63.3. The maximum Gasteiger partial charge on any atom is 0.306 e. The summed E-state index contributed by atoms with van der Waals surface area (Å²) in [5.74, 6) is -2.32. The van der Waals surface area contributed by atoms with Crippen molar-refractivity contribution in [2.75, 3.05) is 47.5 Å². The predicted molar refractivity (Wildman–Crippen MR) is 425 cm³/mol.